The van der Waals surface area contributed by atoms with E-state index >= 15 is 0 Å². The van der Waals surface area contributed by atoms with Crippen LogP contribution in [0.2, 0.25) is 0 Å². The van der Waals surface area contributed by atoms with Crippen LogP contribution in [-0.2, 0) is 38.4 Å². The lowest BCUT2D eigenvalue weighted by Gasteiger charge is -2.23. The number of nitrogens with one attached hydrogen (secondary N) is 1. The van der Waals surface area contributed by atoms with Gasteiger partial charge in [-0.05, 0) is 55.0 Å². The van der Waals surface area contributed by atoms with Crippen molar-refractivity contribution in [2.75, 3.05) is 7.11 Å². The molecule has 9 heteroatoms. The normalized spacial score (nSPS) is 12.8. The predicted octanol–water partition coefficient (Wildman–Crippen LogP) is 5.52. The molecule has 3 aromatic carbocycles. The van der Waals surface area contributed by atoms with Crippen molar-refractivity contribution in [1.82, 2.24) is 10.5 Å². The molecule has 1 heterocycles. The lowest BCUT2D eigenvalue weighted by molar-refractivity contribution is -0.140. The van der Waals surface area contributed by atoms with Crippen LogP contribution < -0.4 is 10.1 Å². The first-order valence-electron chi connectivity index (χ1n) is 15.7. The maximum atomic E-state index is 14.0. The molecule has 1 aromatic heterocycles. The Morgan fingerprint density at radius 3 is 2.02 bits per heavy atom. The number of hydrogen-bond donors (Lipinski definition) is 1. The summed E-state index contributed by atoms with van der Waals surface area (Å²) in [5.41, 5.74) is 2.65. The van der Waals surface area contributed by atoms with E-state index in [2.05, 4.69) is 10.5 Å². The highest BCUT2D eigenvalue weighted by atomic mass is 16.5. The number of ether oxygens (including phenoxy) is 1. The van der Waals surface area contributed by atoms with Crippen molar-refractivity contribution in [3.63, 3.8) is 0 Å². The minimum atomic E-state index is -1.01. The monoisotopic (exact) mass is 636 g/mol. The molecule has 9 nitrogen and oxygen atoms in total. The summed E-state index contributed by atoms with van der Waals surface area (Å²) in [6.07, 6.45) is 0.423. The SMILES string of the molecule is COc1ccc(C[C@H](NC(=O)[C@H](C)CC(=O)c2cc(C)on2)C(=O)C[C@@H](Cc2ccccc2)C(=O)C(=O)CCc2ccccc2)cc1. The van der Waals surface area contributed by atoms with E-state index in [1.807, 2.05) is 60.7 Å². The minimum absolute atomic E-state index is 0.0327. The number of aromatic nitrogens is 1. The van der Waals surface area contributed by atoms with Gasteiger partial charge < -0.3 is 14.6 Å². The van der Waals surface area contributed by atoms with E-state index in [9.17, 15) is 24.0 Å². The van der Waals surface area contributed by atoms with E-state index in [0.29, 0.717) is 17.9 Å². The van der Waals surface area contributed by atoms with Crippen LogP contribution in [0.4, 0.5) is 0 Å². The second kappa shape index (κ2) is 16.9. The number of methoxy groups -OCH3 is 1. The number of aryl methyl sites for hydroxylation is 2. The van der Waals surface area contributed by atoms with Gasteiger partial charge in [-0.2, -0.15) is 0 Å². The molecule has 0 spiro atoms. The standard InChI is InChI=1S/C38H40N2O7/c1-25(20-35(42)33-21-26(2)47-40-33)38(45)39-32(23-29-14-17-31(46-3)18-15-29)36(43)24-30(22-28-12-8-5-9-13-28)37(44)34(41)19-16-27-10-6-4-7-11-27/h4-15,17-18,21,25,30,32H,16,19-20,22-24H2,1-3H3,(H,39,45)/t25-,30-,32+/m1/s1. The first-order chi connectivity index (χ1) is 22.6. The van der Waals surface area contributed by atoms with Crippen molar-refractivity contribution in [1.29, 1.82) is 0 Å². The average Bonchev–Trinajstić information content (AvgIpc) is 3.53. The summed E-state index contributed by atoms with van der Waals surface area (Å²) in [6.45, 7) is 3.27. The van der Waals surface area contributed by atoms with Crippen LogP contribution in [0.5, 0.6) is 5.75 Å². The molecular weight excluding hydrogens is 596 g/mol. The Hall–Kier alpha value is -5.18. The highest BCUT2D eigenvalue weighted by Crippen LogP contribution is 2.20. The molecule has 244 valence electrons. The Balaban J connectivity index is 1.52. The second-order valence-electron chi connectivity index (χ2n) is 11.8. The Morgan fingerprint density at radius 1 is 0.809 bits per heavy atom. The summed E-state index contributed by atoms with van der Waals surface area (Å²) >= 11 is 0. The quantitative estimate of drug-likeness (QED) is 0.112. The van der Waals surface area contributed by atoms with Gasteiger partial charge in [-0.25, -0.2) is 0 Å². The van der Waals surface area contributed by atoms with Gasteiger partial charge in [0.05, 0.1) is 13.2 Å². The van der Waals surface area contributed by atoms with E-state index in [1.165, 1.54) is 6.07 Å². The third-order valence-electron chi connectivity index (χ3n) is 8.06. The zero-order valence-electron chi connectivity index (χ0n) is 26.9. The van der Waals surface area contributed by atoms with Gasteiger partial charge in [0.25, 0.3) is 0 Å². The molecule has 47 heavy (non-hydrogen) atoms. The molecule has 4 aromatic rings. The Kier molecular flexibility index (Phi) is 12.5. The highest BCUT2D eigenvalue weighted by Gasteiger charge is 2.32. The van der Waals surface area contributed by atoms with E-state index in [-0.39, 0.29) is 49.4 Å². The molecule has 0 radical (unpaired) electrons. The number of amides is 1. The Labute approximate surface area is 274 Å². The topological polar surface area (TPSA) is 133 Å². The number of carbonyl (C=O) groups excluding carboxylic acids is 5. The molecule has 0 fully saturated rings. The maximum Gasteiger partial charge on any atom is 0.223 e. The van der Waals surface area contributed by atoms with Gasteiger partial charge in [-0.1, -0.05) is 84.9 Å². The summed E-state index contributed by atoms with van der Waals surface area (Å²) in [7, 11) is 1.55. The van der Waals surface area contributed by atoms with Crippen molar-refractivity contribution in [2.24, 2.45) is 11.8 Å². The fourth-order valence-electron chi connectivity index (χ4n) is 5.32. The molecule has 0 saturated heterocycles. The van der Waals surface area contributed by atoms with Crippen LogP contribution in [0, 0.1) is 18.8 Å². The molecule has 0 aliphatic carbocycles. The molecule has 4 rings (SSSR count). The summed E-state index contributed by atoms with van der Waals surface area (Å²) in [4.78, 5) is 66.8. The zero-order chi connectivity index (χ0) is 33.8. The summed E-state index contributed by atoms with van der Waals surface area (Å²) in [5, 5.41) is 6.56. The van der Waals surface area contributed by atoms with E-state index < -0.39 is 35.4 Å². The number of Topliss-reactive ketones (excluding diaryl/α,β-unsaturated/α-hetero) is 4. The Morgan fingerprint density at radius 2 is 1.43 bits per heavy atom. The van der Waals surface area contributed by atoms with Gasteiger partial charge in [0, 0.05) is 37.2 Å². The summed E-state index contributed by atoms with van der Waals surface area (Å²) in [6, 6.07) is 26.3. The highest BCUT2D eigenvalue weighted by molar-refractivity contribution is 6.38. The van der Waals surface area contributed by atoms with E-state index in [1.54, 1.807) is 45.2 Å². The number of carbonyl (C=O) groups is 5. The van der Waals surface area contributed by atoms with Crippen LogP contribution >= 0.6 is 0 Å². The lowest BCUT2D eigenvalue weighted by atomic mass is 9.85. The van der Waals surface area contributed by atoms with Crippen LogP contribution in [0.3, 0.4) is 0 Å². The third-order valence-corrected chi connectivity index (χ3v) is 8.06. The van der Waals surface area contributed by atoms with Gasteiger partial charge in [0.2, 0.25) is 11.7 Å². The number of hydrogen-bond acceptors (Lipinski definition) is 8. The third kappa shape index (κ3) is 10.4. The van der Waals surface area contributed by atoms with Gasteiger partial charge in [0.1, 0.15) is 17.2 Å². The molecule has 0 bridgehead atoms. The molecule has 1 N–H and O–H groups in total. The fraction of sp³-hybridized carbons (Fsp3) is 0.316. The minimum Gasteiger partial charge on any atom is -0.497 e. The van der Waals surface area contributed by atoms with Crippen molar-refractivity contribution in [3.8, 4) is 5.75 Å². The van der Waals surface area contributed by atoms with Crippen molar-refractivity contribution < 1.29 is 33.2 Å². The van der Waals surface area contributed by atoms with Crippen LogP contribution in [-0.4, -0.2) is 47.3 Å². The van der Waals surface area contributed by atoms with Crippen molar-refractivity contribution >= 4 is 29.0 Å². The maximum absolute atomic E-state index is 14.0. The van der Waals surface area contributed by atoms with Gasteiger partial charge in [-0.3, -0.25) is 24.0 Å². The van der Waals surface area contributed by atoms with Crippen molar-refractivity contribution in [3.05, 3.63) is 119 Å². The molecule has 0 aliphatic rings. The number of nitrogens with zero attached hydrogens (tertiary/aromatic N) is 1. The van der Waals surface area contributed by atoms with E-state index in [0.717, 1.165) is 16.7 Å². The molecule has 0 saturated carbocycles. The van der Waals surface area contributed by atoms with Crippen LogP contribution in [0.25, 0.3) is 0 Å². The van der Waals surface area contributed by atoms with Crippen LogP contribution in [0.1, 0.15) is 59.1 Å². The fourth-order valence-corrected chi connectivity index (χ4v) is 5.32. The van der Waals surface area contributed by atoms with Gasteiger partial charge in [-0.15, -0.1) is 0 Å². The summed E-state index contributed by atoms with van der Waals surface area (Å²) < 4.78 is 10.2. The number of rotatable bonds is 18. The largest absolute Gasteiger partial charge is 0.497 e. The average molecular weight is 637 g/mol. The molecule has 0 aliphatic heterocycles. The molecule has 3 atom stereocenters. The van der Waals surface area contributed by atoms with Crippen LogP contribution in [0.15, 0.2) is 95.5 Å². The zero-order valence-corrected chi connectivity index (χ0v) is 26.9. The molecular formula is C38H40N2O7. The molecule has 0 unspecified atom stereocenters. The Bertz CT molecular complexity index is 1660. The first-order valence-corrected chi connectivity index (χ1v) is 15.7. The molecule has 1 amide bonds. The van der Waals surface area contributed by atoms with Crippen molar-refractivity contribution in [2.45, 2.75) is 58.4 Å². The van der Waals surface area contributed by atoms with Gasteiger partial charge >= 0.3 is 0 Å². The number of ketones is 4. The predicted molar refractivity (Wildman–Crippen MR) is 176 cm³/mol. The van der Waals surface area contributed by atoms with Gasteiger partial charge in [0.15, 0.2) is 17.3 Å². The lowest BCUT2D eigenvalue weighted by Crippen LogP contribution is -2.46. The smallest absolute Gasteiger partial charge is 0.223 e. The first kappa shape index (κ1) is 34.7. The summed E-state index contributed by atoms with van der Waals surface area (Å²) in [5.74, 6) is -2.93. The van der Waals surface area contributed by atoms with E-state index in [4.69, 9.17) is 9.26 Å². The second-order valence-corrected chi connectivity index (χ2v) is 11.8. The number of benzene rings is 3.